The van der Waals surface area contributed by atoms with Crippen molar-refractivity contribution in [2.24, 2.45) is 5.92 Å². The standard InChI is InChI=1S/C16H19BrN4O/c1-10(2)9-18-15-8-14(19-11(3)20-15)16(22)21-13-7-5-4-6-12(13)17/h4-8,10H,9H2,1-3H3,(H,21,22)(H,18,19,20). The number of benzene rings is 1. The van der Waals surface area contributed by atoms with Gasteiger partial charge in [-0.3, -0.25) is 4.79 Å². The number of amides is 1. The molecule has 0 spiro atoms. The van der Waals surface area contributed by atoms with Crippen molar-refractivity contribution in [3.63, 3.8) is 0 Å². The van der Waals surface area contributed by atoms with Crippen LogP contribution in [0, 0.1) is 12.8 Å². The Hall–Kier alpha value is -1.95. The number of carbonyl (C=O) groups excluding carboxylic acids is 1. The predicted molar refractivity (Wildman–Crippen MR) is 92.2 cm³/mol. The van der Waals surface area contributed by atoms with Crippen molar-refractivity contribution in [1.29, 1.82) is 0 Å². The molecule has 2 aromatic rings. The van der Waals surface area contributed by atoms with Gasteiger partial charge in [-0.05, 0) is 40.9 Å². The molecule has 0 bridgehead atoms. The van der Waals surface area contributed by atoms with Gasteiger partial charge < -0.3 is 10.6 Å². The molecule has 0 radical (unpaired) electrons. The second kappa shape index (κ2) is 7.35. The number of aryl methyl sites for hydroxylation is 1. The fourth-order valence-electron chi connectivity index (χ4n) is 1.83. The molecule has 116 valence electrons. The average molecular weight is 363 g/mol. The van der Waals surface area contributed by atoms with Crippen molar-refractivity contribution in [3.8, 4) is 0 Å². The SMILES string of the molecule is Cc1nc(NCC(C)C)cc(C(=O)Nc2ccccc2Br)n1. The van der Waals surface area contributed by atoms with E-state index in [0.717, 1.165) is 11.0 Å². The Labute approximate surface area is 138 Å². The summed E-state index contributed by atoms with van der Waals surface area (Å²) in [7, 11) is 0. The summed E-state index contributed by atoms with van der Waals surface area (Å²) in [6.07, 6.45) is 0. The molecule has 22 heavy (non-hydrogen) atoms. The Morgan fingerprint density at radius 1 is 1.27 bits per heavy atom. The fraction of sp³-hybridized carbons (Fsp3) is 0.312. The lowest BCUT2D eigenvalue weighted by molar-refractivity contribution is 0.102. The van der Waals surface area contributed by atoms with Crippen molar-refractivity contribution in [2.45, 2.75) is 20.8 Å². The van der Waals surface area contributed by atoms with Gasteiger partial charge in [-0.2, -0.15) is 0 Å². The number of carbonyl (C=O) groups is 1. The van der Waals surface area contributed by atoms with Gasteiger partial charge in [-0.25, -0.2) is 9.97 Å². The Kier molecular flexibility index (Phi) is 5.49. The quantitative estimate of drug-likeness (QED) is 0.846. The van der Waals surface area contributed by atoms with Gasteiger partial charge in [0.1, 0.15) is 17.3 Å². The van der Waals surface area contributed by atoms with Gasteiger partial charge >= 0.3 is 0 Å². The maximum Gasteiger partial charge on any atom is 0.274 e. The highest BCUT2D eigenvalue weighted by atomic mass is 79.9. The monoisotopic (exact) mass is 362 g/mol. The molecule has 2 N–H and O–H groups in total. The maximum absolute atomic E-state index is 12.4. The maximum atomic E-state index is 12.4. The molecule has 0 aliphatic heterocycles. The molecule has 0 aliphatic carbocycles. The minimum atomic E-state index is -0.259. The predicted octanol–water partition coefficient (Wildman–Crippen LogP) is 3.87. The van der Waals surface area contributed by atoms with Crippen molar-refractivity contribution in [3.05, 3.63) is 46.3 Å². The highest BCUT2D eigenvalue weighted by Crippen LogP contribution is 2.22. The summed E-state index contributed by atoms with van der Waals surface area (Å²) in [6.45, 7) is 6.79. The van der Waals surface area contributed by atoms with Crippen LogP contribution >= 0.6 is 15.9 Å². The van der Waals surface area contributed by atoms with E-state index in [1.54, 1.807) is 13.0 Å². The van der Waals surface area contributed by atoms with Gasteiger partial charge in [-0.15, -0.1) is 0 Å². The zero-order valence-corrected chi connectivity index (χ0v) is 14.4. The van der Waals surface area contributed by atoms with Crippen LogP contribution in [-0.2, 0) is 0 Å². The second-order valence-corrected chi connectivity index (χ2v) is 6.25. The van der Waals surface area contributed by atoms with Gasteiger partial charge in [0, 0.05) is 17.1 Å². The van der Waals surface area contributed by atoms with Crippen LogP contribution < -0.4 is 10.6 Å². The number of para-hydroxylation sites is 1. The smallest absolute Gasteiger partial charge is 0.274 e. The minimum Gasteiger partial charge on any atom is -0.370 e. The molecular weight excluding hydrogens is 344 g/mol. The molecule has 2 rings (SSSR count). The first kappa shape index (κ1) is 16.4. The first-order valence-electron chi connectivity index (χ1n) is 7.11. The van der Waals surface area contributed by atoms with Crippen LogP contribution in [0.3, 0.4) is 0 Å². The molecule has 0 fully saturated rings. The van der Waals surface area contributed by atoms with E-state index in [2.05, 4.69) is 50.4 Å². The summed E-state index contributed by atoms with van der Waals surface area (Å²) >= 11 is 3.41. The Bertz CT molecular complexity index is 673. The van der Waals surface area contributed by atoms with E-state index < -0.39 is 0 Å². The zero-order chi connectivity index (χ0) is 16.1. The molecule has 0 unspecified atom stereocenters. The van der Waals surface area contributed by atoms with Crippen molar-refractivity contribution < 1.29 is 4.79 Å². The topological polar surface area (TPSA) is 66.9 Å². The molecule has 0 aliphatic rings. The summed E-state index contributed by atoms with van der Waals surface area (Å²) in [5, 5.41) is 6.06. The Morgan fingerprint density at radius 2 is 2.00 bits per heavy atom. The summed E-state index contributed by atoms with van der Waals surface area (Å²) in [5.41, 5.74) is 1.05. The summed E-state index contributed by atoms with van der Waals surface area (Å²) < 4.78 is 0.826. The van der Waals surface area contributed by atoms with E-state index >= 15 is 0 Å². The van der Waals surface area contributed by atoms with Crippen LogP contribution in [0.5, 0.6) is 0 Å². The average Bonchev–Trinajstić information content (AvgIpc) is 2.47. The normalized spacial score (nSPS) is 10.6. The molecule has 6 heteroatoms. The van der Waals surface area contributed by atoms with Gasteiger partial charge in [0.25, 0.3) is 5.91 Å². The lowest BCUT2D eigenvalue weighted by Gasteiger charge is -2.11. The van der Waals surface area contributed by atoms with Crippen LogP contribution in [-0.4, -0.2) is 22.4 Å². The van der Waals surface area contributed by atoms with Crippen molar-refractivity contribution in [2.75, 3.05) is 17.2 Å². The third kappa shape index (κ3) is 4.53. The number of nitrogens with one attached hydrogen (secondary N) is 2. The lowest BCUT2D eigenvalue weighted by atomic mass is 10.2. The van der Waals surface area contributed by atoms with Gasteiger partial charge in [0.15, 0.2) is 0 Å². The largest absolute Gasteiger partial charge is 0.370 e. The van der Waals surface area contributed by atoms with Gasteiger partial charge in [0.2, 0.25) is 0 Å². The summed E-state index contributed by atoms with van der Waals surface area (Å²) in [6, 6.07) is 9.12. The van der Waals surface area contributed by atoms with Crippen LogP contribution in [0.25, 0.3) is 0 Å². The Balaban J connectivity index is 2.17. The molecule has 1 amide bonds. The molecule has 1 aromatic heterocycles. The number of anilines is 2. The second-order valence-electron chi connectivity index (χ2n) is 5.39. The number of aromatic nitrogens is 2. The van der Waals surface area contributed by atoms with Crippen LogP contribution in [0.4, 0.5) is 11.5 Å². The van der Waals surface area contributed by atoms with E-state index in [4.69, 9.17) is 0 Å². The van der Waals surface area contributed by atoms with E-state index in [0.29, 0.717) is 28.9 Å². The third-order valence-corrected chi connectivity index (χ3v) is 3.58. The minimum absolute atomic E-state index is 0.259. The molecule has 0 atom stereocenters. The van der Waals surface area contributed by atoms with E-state index in [-0.39, 0.29) is 5.91 Å². The van der Waals surface area contributed by atoms with Crippen LogP contribution in [0.1, 0.15) is 30.2 Å². The zero-order valence-electron chi connectivity index (χ0n) is 12.9. The molecule has 5 nitrogen and oxygen atoms in total. The first-order chi connectivity index (χ1) is 10.5. The van der Waals surface area contributed by atoms with Gasteiger partial charge in [0.05, 0.1) is 5.69 Å². The molecule has 0 saturated carbocycles. The number of nitrogens with zero attached hydrogens (tertiary/aromatic N) is 2. The van der Waals surface area contributed by atoms with Gasteiger partial charge in [-0.1, -0.05) is 26.0 Å². The van der Waals surface area contributed by atoms with E-state index in [1.807, 2.05) is 24.3 Å². The van der Waals surface area contributed by atoms with Crippen molar-refractivity contribution in [1.82, 2.24) is 9.97 Å². The highest BCUT2D eigenvalue weighted by Gasteiger charge is 2.12. The molecule has 1 heterocycles. The molecule has 0 saturated heterocycles. The molecule has 1 aromatic carbocycles. The number of hydrogen-bond donors (Lipinski definition) is 2. The fourth-order valence-corrected chi connectivity index (χ4v) is 2.22. The van der Waals surface area contributed by atoms with E-state index in [1.165, 1.54) is 0 Å². The highest BCUT2D eigenvalue weighted by molar-refractivity contribution is 9.10. The Morgan fingerprint density at radius 3 is 2.68 bits per heavy atom. The lowest BCUT2D eigenvalue weighted by Crippen LogP contribution is -2.17. The number of hydrogen-bond acceptors (Lipinski definition) is 4. The number of halogens is 1. The summed E-state index contributed by atoms with van der Waals surface area (Å²) in [4.78, 5) is 20.9. The van der Waals surface area contributed by atoms with Crippen LogP contribution in [0.2, 0.25) is 0 Å². The summed E-state index contributed by atoms with van der Waals surface area (Å²) in [5.74, 6) is 1.46. The third-order valence-electron chi connectivity index (χ3n) is 2.88. The number of rotatable bonds is 5. The first-order valence-corrected chi connectivity index (χ1v) is 7.90. The molecular formula is C16H19BrN4O. The van der Waals surface area contributed by atoms with Crippen molar-refractivity contribution >= 4 is 33.3 Å². The van der Waals surface area contributed by atoms with Crippen LogP contribution in [0.15, 0.2) is 34.8 Å². The van der Waals surface area contributed by atoms with E-state index in [9.17, 15) is 4.79 Å².